The number of hydrogen-bond acceptors (Lipinski definition) is 4. The molecule has 0 saturated heterocycles. The van der Waals surface area contributed by atoms with Gasteiger partial charge in [-0.1, -0.05) is 0 Å². The van der Waals surface area contributed by atoms with Crippen molar-refractivity contribution in [1.29, 1.82) is 0 Å². The van der Waals surface area contributed by atoms with Gasteiger partial charge in [-0.05, 0) is 68.4 Å². The number of hydrogen-bond donors (Lipinski definition) is 2. The van der Waals surface area contributed by atoms with E-state index in [4.69, 9.17) is 0 Å². The van der Waals surface area contributed by atoms with Crippen molar-refractivity contribution in [2.45, 2.75) is 13.8 Å². The van der Waals surface area contributed by atoms with Gasteiger partial charge in [-0.2, -0.15) is 0 Å². The summed E-state index contributed by atoms with van der Waals surface area (Å²) in [6.45, 7) is 6.17. The zero-order valence-electron chi connectivity index (χ0n) is 15.9. The third kappa shape index (κ3) is 4.85. The quantitative estimate of drug-likeness (QED) is 0.603. The fourth-order valence-corrected chi connectivity index (χ4v) is 2.88. The summed E-state index contributed by atoms with van der Waals surface area (Å²) in [5.41, 5.74) is 3.73. The predicted octanol–water partition coefficient (Wildman–Crippen LogP) is 5.06. The number of amides is 1. The summed E-state index contributed by atoms with van der Waals surface area (Å²) in [6, 6.07) is 15.5. The fraction of sp³-hybridized carbons (Fsp3) is 0.182. The Morgan fingerprint density at radius 3 is 2.21 bits per heavy atom. The Morgan fingerprint density at radius 2 is 1.57 bits per heavy atom. The molecule has 0 unspecified atom stereocenters. The lowest BCUT2D eigenvalue weighted by Crippen LogP contribution is -2.21. The minimum absolute atomic E-state index is 0.306. The molecule has 0 aliphatic heterocycles. The highest BCUT2D eigenvalue weighted by Crippen LogP contribution is 2.21. The van der Waals surface area contributed by atoms with E-state index in [1.165, 1.54) is 36.1 Å². The molecule has 3 rings (SSSR count). The molecule has 6 heteroatoms. The Kier molecular flexibility index (Phi) is 6.22. The van der Waals surface area contributed by atoms with Gasteiger partial charge in [-0.3, -0.25) is 9.78 Å². The van der Waals surface area contributed by atoms with Crippen molar-refractivity contribution in [2.24, 2.45) is 0 Å². The molecule has 1 aromatic heterocycles. The topological polar surface area (TPSA) is 57.3 Å². The molecule has 1 amide bonds. The average molecular weight is 378 g/mol. The molecule has 0 spiro atoms. The highest BCUT2D eigenvalue weighted by molar-refractivity contribution is 6.04. The van der Waals surface area contributed by atoms with Gasteiger partial charge < -0.3 is 15.5 Å². The Bertz CT molecular complexity index is 922. The summed E-state index contributed by atoms with van der Waals surface area (Å²) in [7, 11) is 0. The molecular formula is C22H23FN4O. The summed E-state index contributed by atoms with van der Waals surface area (Å²) in [5.74, 6) is -0.655. The second-order valence-corrected chi connectivity index (χ2v) is 6.27. The summed E-state index contributed by atoms with van der Waals surface area (Å²) in [5, 5.41) is 5.99. The Labute approximate surface area is 164 Å². The zero-order chi connectivity index (χ0) is 19.9. The summed E-state index contributed by atoms with van der Waals surface area (Å²) in [4.78, 5) is 18.8. The SMILES string of the molecule is CCN(CC)c1ccc(Nc2cncc(C(=O)Nc3ccc(F)cc3)c2)cc1. The molecule has 3 aromatic rings. The van der Waals surface area contributed by atoms with Crippen LogP contribution in [0, 0.1) is 5.82 Å². The Balaban J connectivity index is 1.69. The fourth-order valence-electron chi connectivity index (χ4n) is 2.88. The summed E-state index contributed by atoms with van der Waals surface area (Å²) < 4.78 is 13.0. The van der Waals surface area contributed by atoms with E-state index in [0.29, 0.717) is 16.9 Å². The van der Waals surface area contributed by atoms with Gasteiger partial charge in [0.15, 0.2) is 0 Å². The lowest BCUT2D eigenvalue weighted by molar-refractivity contribution is 0.102. The van der Waals surface area contributed by atoms with E-state index in [2.05, 4.69) is 46.5 Å². The molecular weight excluding hydrogens is 355 g/mol. The average Bonchev–Trinajstić information content (AvgIpc) is 2.72. The number of pyridine rings is 1. The first kappa shape index (κ1) is 19.4. The largest absolute Gasteiger partial charge is 0.372 e. The van der Waals surface area contributed by atoms with Crippen LogP contribution in [0.15, 0.2) is 67.0 Å². The van der Waals surface area contributed by atoms with Crippen molar-refractivity contribution in [3.05, 3.63) is 78.4 Å². The third-order valence-electron chi connectivity index (χ3n) is 4.39. The molecule has 5 nitrogen and oxygen atoms in total. The van der Waals surface area contributed by atoms with E-state index in [-0.39, 0.29) is 11.7 Å². The van der Waals surface area contributed by atoms with Gasteiger partial charge in [-0.25, -0.2) is 4.39 Å². The number of rotatable bonds is 7. The molecule has 0 saturated carbocycles. The van der Waals surface area contributed by atoms with Crippen LogP contribution in [-0.2, 0) is 0 Å². The zero-order valence-corrected chi connectivity index (χ0v) is 15.9. The number of nitrogens with one attached hydrogen (secondary N) is 2. The standard InChI is InChI=1S/C22H23FN4O/c1-3-27(4-2)21-11-9-18(10-12-21)25-20-13-16(14-24-15-20)22(28)26-19-7-5-17(23)6-8-19/h5-15,25H,3-4H2,1-2H3,(H,26,28). The summed E-state index contributed by atoms with van der Waals surface area (Å²) >= 11 is 0. The number of carbonyl (C=O) groups is 1. The number of halogens is 1. The van der Waals surface area contributed by atoms with Crippen LogP contribution < -0.4 is 15.5 Å². The molecule has 0 fully saturated rings. The molecule has 0 aliphatic carbocycles. The predicted molar refractivity (Wildman–Crippen MR) is 112 cm³/mol. The molecule has 0 atom stereocenters. The lowest BCUT2D eigenvalue weighted by Gasteiger charge is -2.21. The molecule has 1 heterocycles. The second kappa shape index (κ2) is 8.99. The maximum absolute atomic E-state index is 13.0. The van der Waals surface area contributed by atoms with E-state index in [0.717, 1.165) is 18.8 Å². The highest BCUT2D eigenvalue weighted by Gasteiger charge is 2.08. The van der Waals surface area contributed by atoms with Gasteiger partial charge in [0.1, 0.15) is 5.82 Å². The Morgan fingerprint density at radius 1 is 0.929 bits per heavy atom. The van der Waals surface area contributed by atoms with Crippen molar-refractivity contribution in [3.8, 4) is 0 Å². The Hall–Kier alpha value is -3.41. The van der Waals surface area contributed by atoms with Crippen LogP contribution in [0.5, 0.6) is 0 Å². The van der Waals surface area contributed by atoms with Crippen LogP contribution >= 0.6 is 0 Å². The second-order valence-electron chi connectivity index (χ2n) is 6.27. The van der Waals surface area contributed by atoms with E-state index >= 15 is 0 Å². The van der Waals surface area contributed by atoms with Crippen LogP contribution in [0.2, 0.25) is 0 Å². The lowest BCUT2D eigenvalue weighted by atomic mass is 10.2. The molecule has 2 aromatic carbocycles. The van der Waals surface area contributed by atoms with Crippen LogP contribution in [0.4, 0.5) is 27.1 Å². The van der Waals surface area contributed by atoms with Gasteiger partial charge in [0.05, 0.1) is 17.4 Å². The first-order valence-corrected chi connectivity index (χ1v) is 9.23. The van der Waals surface area contributed by atoms with Gasteiger partial charge in [0.25, 0.3) is 5.91 Å². The van der Waals surface area contributed by atoms with Crippen molar-refractivity contribution in [2.75, 3.05) is 28.6 Å². The van der Waals surface area contributed by atoms with Crippen LogP contribution in [0.3, 0.4) is 0 Å². The van der Waals surface area contributed by atoms with E-state index in [1.807, 2.05) is 12.1 Å². The molecule has 28 heavy (non-hydrogen) atoms. The van der Waals surface area contributed by atoms with Gasteiger partial charge >= 0.3 is 0 Å². The maximum Gasteiger partial charge on any atom is 0.257 e. The third-order valence-corrected chi connectivity index (χ3v) is 4.39. The van der Waals surface area contributed by atoms with E-state index < -0.39 is 0 Å². The van der Waals surface area contributed by atoms with Gasteiger partial charge in [-0.15, -0.1) is 0 Å². The van der Waals surface area contributed by atoms with E-state index in [9.17, 15) is 9.18 Å². The highest BCUT2D eigenvalue weighted by atomic mass is 19.1. The van der Waals surface area contributed by atoms with Gasteiger partial charge in [0.2, 0.25) is 0 Å². The van der Waals surface area contributed by atoms with Crippen molar-refractivity contribution in [1.82, 2.24) is 4.98 Å². The van der Waals surface area contributed by atoms with Crippen LogP contribution in [0.25, 0.3) is 0 Å². The number of aromatic nitrogens is 1. The molecule has 0 radical (unpaired) electrons. The summed E-state index contributed by atoms with van der Waals surface area (Å²) in [6.07, 6.45) is 3.15. The van der Waals surface area contributed by atoms with Crippen molar-refractivity contribution < 1.29 is 9.18 Å². The number of anilines is 4. The number of benzene rings is 2. The molecule has 144 valence electrons. The normalized spacial score (nSPS) is 10.4. The van der Waals surface area contributed by atoms with Crippen LogP contribution in [-0.4, -0.2) is 24.0 Å². The first-order valence-electron chi connectivity index (χ1n) is 9.23. The molecule has 0 bridgehead atoms. The minimum atomic E-state index is -0.349. The maximum atomic E-state index is 13.0. The van der Waals surface area contributed by atoms with Gasteiger partial charge in [0, 0.05) is 36.3 Å². The van der Waals surface area contributed by atoms with Crippen LogP contribution in [0.1, 0.15) is 24.2 Å². The first-order chi connectivity index (χ1) is 13.6. The number of carbonyl (C=O) groups excluding carboxylic acids is 1. The van der Waals surface area contributed by atoms with Crippen molar-refractivity contribution >= 4 is 28.7 Å². The minimum Gasteiger partial charge on any atom is -0.372 e. The molecule has 0 aliphatic rings. The monoisotopic (exact) mass is 378 g/mol. The number of nitrogens with zero attached hydrogens (tertiary/aromatic N) is 2. The molecule has 2 N–H and O–H groups in total. The van der Waals surface area contributed by atoms with E-state index in [1.54, 1.807) is 12.3 Å². The van der Waals surface area contributed by atoms with Crippen molar-refractivity contribution in [3.63, 3.8) is 0 Å². The smallest absolute Gasteiger partial charge is 0.257 e.